The van der Waals surface area contributed by atoms with Crippen LogP contribution in [0.25, 0.3) is 0 Å². The summed E-state index contributed by atoms with van der Waals surface area (Å²) in [5.74, 6) is 0.828. The van der Waals surface area contributed by atoms with Crippen molar-refractivity contribution in [2.75, 3.05) is 6.61 Å². The maximum absolute atomic E-state index is 10.2. The topological polar surface area (TPSA) is 47.3 Å². The van der Waals surface area contributed by atoms with Gasteiger partial charge < -0.3 is 14.4 Å². The van der Waals surface area contributed by atoms with Gasteiger partial charge in [-0.25, -0.2) is 4.98 Å². The highest BCUT2D eigenvalue weighted by Gasteiger charge is 2.12. The highest BCUT2D eigenvalue weighted by molar-refractivity contribution is 5.31. The molecule has 4 heteroatoms. The zero-order valence-corrected chi connectivity index (χ0v) is 10.7. The average Bonchev–Trinajstić information content (AvgIpc) is 2.83. The second-order valence-electron chi connectivity index (χ2n) is 4.28. The lowest BCUT2D eigenvalue weighted by Gasteiger charge is -2.09. The van der Waals surface area contributed by atoms with Gasteiger partial charge in [-0.05, 0) is 24.1 Å². The number of aliphatic hydroxyl groups excluding tert-OH is 1. The van der Waals surface area contributed by atoms with Crippen molar-refractivity contribution in [2.45, 2.75) is 19.4 Å². The molecule has 0 radical (unpaired) electrons. The molecule has 18 heavy (non-hydrogen) atoms. The van der Waals surface area contributed by atoms with Gasteiger partial charge in [0.25, 0.3) is 0 Å². The van der Waals surface area contributed by atoms with Crippen LogP contribution in [0.1, 0.15) is 30.7 Å². The number of nitrogens with zero attached hydrogens (tertiary/aromatic N) is 2. The van der Waals surface area contributed by atoms with E-state index in [-0.39, 0.29) is 0 Å². The highest BCUT2D eigenvalue weighted by atomic mass is 16.5. The molecule has 0 aliphatic rings. The van der Waals surface area contributed by atoms with E-state index >= 15 is 0 Å². The molecule has 1 heterocycles. The standard InChI is InChI=1S/C14H18N2O2/c1-3-8-18-12-6-4-11(5-7-12)14(17)13-9-16(2)10-15-13/h4-7,9-10,14,17H,3,8H2,1-2H3. The lowest BCUT2D eigenvalue weighted by Crippen LogP contribution is -2.00. The number of aromatic nitrogens is 2. The first-order valence-corrected chi connectivity index (χ1v) is 6.09. The zero-order valence-electron chi connectivity index (χ0n) is 10.7. The maximum Gasteiger partial charge on any atom is 0.123 e. The minimum Gasteiger partial charge on any atom is -0.494 e. The van der Waals surface area contributed by atoms with Crippen LogP contribution in [0.3, 0.4) is 0 Å². The van der Waals surface area contributed by atoms with Crippen molar-refractivity contribution in [3.8, 4) is 5.75 Å². The molecule has 1 aromatic heterocycles. The molecule has 0 aliphatic carbocycles. The molecule has 96 valence electrons. The number of rotatable bonds is 5. The Morgan fingerprint density at radius 3 is 2.61 bits per heavy atom. The first kappa shape index (κ1) is 12.6. The van der Waals surface area contributed by atoms with Gasteiger partial charge in [0.1, 0.15) is 11.9 Å². The lowest BCUT2D eigenvalue weighted by molar-refractivity contribution is 0.215. The monoisotopic (exact) mass is 246 g/mol. The predicted molar refractivity (Wildman–Crippen MR) is 69.5 cm³/mol. The molecule has 1 N–H and O–H groups in total. The Labute approximate surface area is 107 Å². The number of aliphatic hydroxyl groups is 1. The summed E-state index contributed by atoms with van der Waals surface area (Å²) in [4.78, 5) is 4.15. The minimum atomic E-state index is -0.688. The molecule has 0 aliphatic heterocycles. The largest absolute Gasteiger partial charge is 0.494 e. The second-order valence-corrected chi connectivity index (χ2v) is 4.28. The SMILES string of the molecule is CCCOc1ccc(C(O)c2cn(C)cn2)cc1. The Bertz CT molecular complexity index is 491. The molecule has 1 aromatic carbocycles. The van der Waals surface area contributed by atoms with E-state index in [0.29, 0.717) is 12.3 Å². The van der Waals surface area contributed by atoms with Gasteiger partial charge >= 0.3 is 0 Å². The van der Waals surface area contributed by atoms with Crippen LogP contribution in [-0.2, 0) is 7.05 Å². The summed E-state index contributed by atoms with van der Waals surface area (Å²) in [5.41, 5.74) is 1.47. The fourth-order valence-corrected chi connectivity index (χ4v) is 1.71. The summed E-state index contributed by atoms with van der Waals surface area (Å²) in [6.07, 6.45) is 3.79. The maximum atomic E-state index is 10.2. The van der Waals surface area contributed by atoms with E-state index in [2.05, 4.69) is 11.9 Å². The molecule has 0 spiro atoms. The van der Waals surface area contributed by atoms with Crippen LogP contribution in [-0.4, -0.2) is 21.3 Å². The third-order valence-corrected chi connectivity index (χ3v) is 2.67. The van der Waals surface area contributed by atoms with Gasteiger partial charge in [-0.1, -0.05) is 19.1 Å². The average molecular weight is 246 g/mol. The summed E-state index contributed by atoms with van der Waals surface area (Å²) in [6.45, 7) is 2.78. The Kier molecular flexibility index (Phi) is 3.99. The number of imidazole rings is 1. The normalized spacial score (nSPS) is 12.4. The van der Waals surface area contributed by atoms with Crippen molar-refractivity contribution in [1.82, 2.24) is 9.55 Å². The van der Waals surface area contributed by atoms with Crippen LogP contribution in [0.4, 0.5) is 0 Å². The summed E-state index contributed by atoms with van der Waals surface area (Å²) in [6, 6.07) is 7.48. The van der Waals surface area contributed by atoms with Crippen LogP contribution in [0, 0.1) is 0 Å². The third kappa shape index (κ3) is 2.90. The molecule has 0 saturated heterocycles. The number of ether oxygens (including phenoxy) is 1. The second kappa shape index (κ2) is 5.69. The summed E-state index contributed by atoms with van der Waals surface area (Å²) >= 11 is 0. The quantitative estimate of drug-likeness (QED) is 0.880. The van der Waals surface area contributed by atoms with E-state index in [4.69, 9.17) is 4.74 Å². The van der Waals surface area contributed by atoms with Crippen LogP contribution < -0.4 is 4.74 Å². The number of aryl methyl sites for hydroxylation is 1. The molecule has 1 unspecified atom stereocenters. The van der Waals surface area contributed by atoms with Crippen molar-refractivity contribution in [1.29, 1.82) is 0 Å². The van der Waals surface area contributed by atoms with Gasteiger partial charge in [-0.2, -0.15) is 0 Å². The number of hydrogen-bond acceptors (Lipinski definition) is 3. The zero-order chi connectivity index (χ0) is 13.0. The number of benzene rings is 1. The Balaban J connectivity index is 2.09. The summed E-state index contributed by atoms with van der Waals surface area (Å²) in [7, 11) is 1.88. The molecule has 0 fully saturated rings. The van der Waals surface area contributed by atoms with E-state index in [9.17, 15) is 5.11 Å². The van der Waals surface area contributed by atoms with Crippen LogP contribution >= 0.6 is 0 Å². The van der Waals surface area contributed by atoms with Gasteiger partial charge in [-0.3, -0.25) is 0 Å². The van der Waals surface area contributed by atoms with E-state index in [0.717, 1.165) is 17.7 Å². The van der Waals surface area contributed by atoms with E-state index in [1.807, 2.05) is 42.1 Å². The summed E-state index contributed by atoms with van der Waals surface area (Å²) < 4.78 is 7.32. The Morgan fingerprint density at radius 1 is 1.33 bits per heavy atom. The van der Waals surface area contributed by atoms with Crippen molar-refractivity contribution < 1.29 is 9.84 Å². The number of hydrogen-bond donors (Lipinski definition) is 1. The fraction of sp³-hybridized carbons (Fsp3) is 0.357. The Hall–Kier alpha value is -1.81. The van der Waals surface area contributed by atoms with Crippen LogP contribution in [0.2, 0.25) is 0 Å². The fourth-order valence-electron chi connectivity index (χ4n) is 1.71. The first-order valence-electron chi connectivity index (χ1n) is 6.09. The van der Waals surface area contributed by atoms with Gasteiger partial charge in [-0.15, -0.1) is 0 Å². The Morgan fingerprint density at radius 2 is 2.06 bits per heavy atom. The molecule has 0 amide bonds. The van der Waals surface area contributed by atoms with Gasteiger partial charge in [0.15, 0.2) is 0 Å². The third-order valence-electron chi connectivity index (χ3n) is 2.67. The van der Waals surface area contributed by atoms with Crippen LogP contribution in [0.5, 0.6) is 5.75 Å². The van der Waals surface area contributed by atoms with Crippen molar-refractivity contribution >= 4 is 0 Å². The van der Waals surface area contributed by atoms with Gasteiger partial charge in [0.05, 0.1) is 18.6 Å². The van der Waals surface area contributed by atoms with Crippen LogP contribution in [0.15, 0.2) is 36.8 Å². The molecule has 2 rings (SSSR count). The van der Waals surface area contributed by atoms with E-state index in [1.54, 1.807) is 6.33 Å². The molecular weight excluding hydrogens is 228 g/mol. The first-order chi connectivity index (χ1) is 8.70. The van der Waals surface area contributed by atoms with E-state index in [1.165, 1.54) is 0 Å². The molecular formula is C14H18N2O2. The molecule has 1 atom stereocenters. The molecule has 0 bridgehead atoms. The van der Waals surface area contributed by atoms with Crippen molar-refractivity contribution in [3.05, 3.63) is 48.0 Å². The lowest BCUT2D eigenvalue weighted by atomic mass is 10.1. The van der Waals surface area contributed by atoms with E-state index < -0.39 is 6.10 Å². The van der Waals surface area contributed by atoms with Crippen molar-refractivity contribution in [2.24, 2.45) is 7.05 Å². The molecule has 0 saturated carbocycles. The molecule has 4 nitrogen and oxygen atoms in total. The minimum absolute atomic E-state index is 0.653. The summed E-state index contributed by atoms with van der Waals surface area (Å²) in [5, 5.41) is 10.2. The molecule has 2 aromatic rings. The van der Waals surface area contributed by atoms with Crippen molar-refractivity contribution in [3.63, 3.8) is 0 Å². The smallest absolute Gasteiger partial charge is 0.123 e. The highest BCUT2D eigenvalue weighted by Crippen LogP contribution is 2.22. The van der Waals surface area contributed by atoms with Gasteiger partial charge in [0, 0.05) is 13.2 Å². The van der Waals surface area contributed by atoms with Gasteiger partial charge in [0.2, 0.25) is 0 Å². The predicted octanol–water partition coefficient (Wildman–Crippen LogP) is 2.29.